The van der Waals surface area contributed by atoms with Crippen molar-refractivity contribution in [2.45, 2.75) is 6.54 Å². The van der Waals surface area contributed by atoms with Crippen molar-refractivity contribution in [2.24, 2.45) is 5.73 Å². The summed E-state index contributed by atoms with van der Waals surface area (Å²) in [4.78, 5) is 14.5. The molecular formula is C6H8BrN3O. The third kappa shape index (κ3) is 2.13. The minimum absolute atomic E-state index is 0.265. The summed E-state index contributed by atoms with van der Waals surface area (Å²) in [6.45, 7) is 0.948. The van der Waals surface area contributed by atoms with Crippen molar-refractivity contribution >= 4 is 15.9 Å². The van der Waals surface area contributed by atoms with Crippen LogP contribution in [0, 0.1) is 0 Å². The normalized spacial score (nSPS) is 10.0. The second kappa shape index (κ2) is 3.64. The molecule has 0 spiro atoms. The molecular weight excluding hydrogens is 210 g/mol. The van der Waals surface area contributed by atoms with Crippen molar-refractivity contribution in [1.82, 2.24) is 9.55 Å². The van der Waals surface area contributed by atoms with E-state index >= 15 is 0 Å². The highest BCUT2D eigenvalue weighted by Gasteiger charge is 1.94. The molecule has 1 aromatic rings. The highest BCUT2D eigenvalue weighted by atomic mass is 79.9. The van der Waals surface area contributed by atoms with Gasteiger partial charge in [0, 0.05) is 25.5 Å². The fourth-order valence-electron chi connectivity index (χ4n) is 0.728. The van der Waals surface area contributed by atoms with Gasteiger partial charge in [-0.2, -0.15) is 0 Å². The second-order valence-corrected chi connectivity index (χ2v) is 2.95. The van der Waals surface area contributed by atoms with Gasteiger partial charge < -0.3 is 5.73 Å². The Morgan fingerprint density at radius 2 is 2.45 bits per heavy atom. The first-order valence-corrected chi connectivity index (χ1v) is 3.95. The fraction of sp³-hybridized carbons (Fsp3) is 0.333. The predicted molar refractivity (Wildman–Crippen MR) is 45.3 cm³/mol. The number of aromatic nitrogens is 2. The van der Waals surface area contributed by atoms with Gasteiger partial charge in [0.15, 0.2) is 0 Å². The largest absolute Gasteiger partial charge is 0.347 e. The summed E-state index contributed by atoms with van der Waals surface area (Å²) in [5.74, 6) is 0. The first kappa shape index (κ1) is 8.42. The smallest absolute Gasteiger partial charge is 0.329 e. The summed E-state index contributed by atoms with van der Waals surface area (Å²) < 4.78 is 2.25. The van der Waals surface area contributed by atoms with E-state index in [1.54, 1.807) is 6.20 Å². The van der Waals surface area contributed by atoms with E-state index in [2.05, 4.69) is 20.9 Å². The van der Waals surface area contributed by atoms with E-state index in [0.717, 1.165) is 4.47 Å². The molecule has 11 heavy (non-hydrogen) atoms. The van der Waals surface area contributed by atoms with Crippen molar-refractivity contribution in [2.75, 3.05) is 6.54 Å². The molecule has 0 aliphatic heterocycles. The second-order valence-electron chi connectivity index (χ2n) is 2.04. The van der Waals surface area contributed by atoms with Crippen molar-refractivity contribution < 1.29 is 0 Å². The van der Waals surface area contributed by atoms with Crippen LogP contribution in [0.15, 0.2) is 21.7 Å². The lowest BCUT2D eigenvalue weighted by molar-refractivity contribution is 0.657. The standard InChI is InChI=1S/C6H8BrN3O/c7-5-3-9-6(11)10(4-5)2-1-8/h3-4H,1-2,8H2. The van der Waals surface area contributed by atoms with Gasteiger partial charge in [0.2, 0.25) is 0 Å². The van der Waals surface area contributed by atoms with Gasteiger partial charge >= 0.3 is 5.69 Å². The molecule has 0 aliphatic carbocycles. The molecule has 0 fully saturated rings. The Morgan fingerprint density at radius 3 is 3.09 bits per heavy atom. The van der Waals surface area contributed by atoms with Crippen LogP contribution >= 0.6 is 15.9 Å². The van der Waals surface area contributed by atoms with Crippen LogP contribution in [0.1, 0.15) is 0 Å². The van der Waals surface area contributed by atoms with Gasteiger partial charge in [0.25, 0.3) is 0 Å². The Kier molecular flexibility index (Phi) is 2.78. The molecule has 0 radical (unpaired) electrons. The minimum atomic E-state index is -0.265. The van der Waals surface area contributed by atoms with Crippen LogP contribution < -0.4 is 11.4 Å². The summed E-state index contributed by atoms with van der Waals surface area (Å²) in [6, 6.07) is 0. The average molecular weight is 218 g/mol. The maximum absolute atomic E-state index is 10.9. The molecule has 5 heteroatoms. The lowest BCUT2D eigenvalue weighted by atomic mass is 10.6. The van der Waals surface area contributed by atoms with Gasteiger partial charge in [-0.05, 0) is 15.9 Å². The molecule has 0 unspecified atom stereocenters. The third-order valence-electron chi connectivity index (χ3n) is 1.19. The number of hydrogen-bond donors (Lipinski definition) is 1. The van der Waals surface area contributed by atoms with E-state index in [4.69, 9.17) is 5.73 Å². The summed E-state index contributed by atoms with van der Waals surface area (Å²) >= 11 is 3.20. The third-order valence-corrected chi connectivity index (χ3v) is 1.60. The lowest BCUT2D eigenvalue weighted by Crippen LogP contribution is -2.25. The van der Waals surface area contributed by atoms with Crippen LogP contribution in [-0.4, -0.2) is 16.1 Å². The van der Waals surface area contributed by atoms with E-state index in [9.17, 15) is 4.79 Å². The molecule has 4 nitrogen and oxygen atoms in total. The summed E-state index contributed by atoms with van der Waals surface area (Å²) in [7, 11) is 0. The average Bonchev–Trinajstić information content (AvgIpc) is 1.98. The van der Waals surface area contributed by atoms with Gasteiger partial charge in [0.1, 0.15) is 0 Å². The Labute approximate surface area is 72.2 Å². The Morgan fingerprint density at radius 1 is 1.73 bits per heavy atom. The molecule has 0 atom stereocenters. The highest BCUT2D eigenvalue weighted by Crippen LogP contribution is 2.02. The van der Waals surface area contributed by atoms with Crippen molar-refractivity contribution in [3.63, 3.8) is 0 Å². The van der Waals surface area contributed by atoms with E-state index in [-0.39, 0.29) is 5.69 Å². The van der Waals surface area contributed by atoms with Crippen LogP contribution in [0.4, 0.5) is 0 Å². The van der Waals surface area contributed by atoms with E-state index in [1.165, 1.54) is 10.8 Å². The van der Waals surface area contributed by atoms with Crippen LogP contribution in [0.25, 0.3) is 0 Å². The van der Waals surface area contributed by atoms with Gasteiger partial charge in [0.05, 0.1) is 4.47 Å². The lowest BCUT2D eigenvalue weighted by Gasteiger charge is -2.00. The molecule has 0 bridgehead atoms. The molecule has 1 heterocycles. The summed E-state index contributed by atoms with van der Waals surface area (Å²) in [5.41, 5.74) is 5.01. The van der Waals surface area contributed by atoms with Crippen LogP contribution in [0.5, 0.6) is 0 Å². The zero-order valence-electron chi connectivity index (χ0n) is 5.83. The Hall–Kier alpha value is -0.680. The first-order chi connectivity index (χ1) is 5.24. The van der Waals surface area contributed by atoms with Crippen molar-refractivity contribution in [1.29, 1.82) is 0 Å². The summed E-state index contributed by atoms with van der Waals surface area (Å²) in [6.07, 6.45) is 3.14. The van der Waals surface area contributed by atoms with E-state index in [0.29, 0.717) is 13.1 Å². The first-order valence-electron chi connectivity index (χ1n) is 3.16. The molecule has 1 rings (SSSR count). The van der Waals surface area contributed by atoms with Gasteiger partial charge in [-0.15, -0.1) is 0 Å². The van der Waals surface area contributed by atoms with Gasteiger partial charge in [-0.1, -0.05) is 0 Å². The van der Waals surface area contributed by atoms with Crippen molar-refractivity contribution in [3.05, 3.63) is 27.4 Å². The monoisotopic (exact) mass is 217 g/mol. The van der Waals surface area contributed by atoms with E-state index < -0.39 is 0 Å². The molecule has 0 aliphatic rings. The topological polar surface area (TPSA) is 60.9 Å². The zero-order valence-corrected chi connectivity index (χ0v) is 7.41. The highest BCUT2D eigenvalue weighted by molar-refractivity contribution is 9.10. The number of hydrogen-bond acceptors (Lipinski definition) is 3. The quantitative estimate of drug-likeness (QED) is 0.757. The number of halogens is 1. The van der Waals surface area contributed by atoms with Crippen LogP contribution in [-0.2, 0) is 6.54 Å². The van der Waals surface area contributed by atoms with Crippen molar-refractivity contribution in [3.8, 4) is 0 Å². The van der Waals surface area contributed by atoms with E-state index in [1.807, 2.05) is 0 Å². The molecule has 0 amide bonds. The molecule has 60 valence electrons. The Bertz CT molecular complexity index is 296. The molecule has 2 N–H and O–H groups in total. The SMILES string of the molecule is NCCn1cc(Br)cnc1=O. The maximum atomic E-state index is 10.9. The van der Waals surface area contributed by atoms with Crippen LogP contribution in [0.2, 0.25) is 0 Å². The van der Waals surface area contributed by atoms with Gasteiger partial charge in [-0.25, -0.2) is 9.78 Å². The molecule has 0 saturated carbocycles. The molecule has 0 saturated heterocycles. The van der Waals surface area contributed by atoms with Gasteiger partial charge in [-0.3, -0.25) is 4.57 Å². The fourth-order valence-corrected chi connectivity index (χ4v) is 1.08. The Balaban J connectivity index is 3.03. The summed E-state index contributed by atoms with van der Waals surface area (Å²) in [5, 5.41) is 0. The molecule has 0 aromatic carbocycles. The van der Waals surface area contributed by atoms with Crippen LogP contribution in [0.3, 0.4) is 0 Å². The molecule has 1 aromatic heterocycles. The number of nitrogens with two attached hydrogens (primary N) is 1. The minimum Gasteiger partial charge on any atom is -0.329 e. The zero-order chi connectivity index (χ0) is 8.27. The maximum Gasteiger partial charge on any atom is 0.347 e. The number of nitrogens with zero attached hydrogens (tertiary/aromatic N) is 2. The predicted octanol–water partition coefficient (Wildman–Crippen LogP) is -0.0355. The number of rotatable bonds is 2.